The average Bonchev–Trinajstić information content (AvgIpc) is 3.83. The first-order valence-electron chi connectivity index (χ1n) is 19.0. The van der Waals surface area contributed by atoms with Gasteiger partial charge >= 0.3 is 12.2 Å². The summed E-state index contributed by atoms with van der Waals surface area (Å²) >= 11 is 3.26. The standard InChI is InChI=1S/C22H30F2OS.C21H28F2OS/c1-3-4-5-6-7-8-9-10-17-25-22(23,24)20-14-12-19(13-15-20)21-16-11-18(2)26-21;1-2-3-4-5-6-7-8-9-16-24-21(22,23)19-14-12-18(13-15-19)20-11-10-17-25-20/h11-16H,3-10,17H2,1-2H3;10-15,17H,2-9,16H2,1H3. The van der Waals surface area contributed by atoms with Gasteiger partial charge in [-0.3, -0.25) is 0 Å². The van der Waals surface area contributed by atoms with Crippen molar-refractivity contribution >= 4 is 22.7 Å². The third-order valence-corrected chi connectivity index (χ3v) is 10.8. The molecule has 0 aliphatic carbocycles. The number of benzene rings is 2. The van der Waals surface area contributed by atoms with Gasteiger partial charge in [-0.1, -0.05) is 134 Å². The first kappa shape index (κ1) is 42.9. The van der Waals surface area contributed by atoms with Crippen LogP contribution in [0.4, 0.5) is 17.6 Å². The summed E-state index contributed by atoms with van der Waals surface area (Å²) in [6.45, 7) is 6.65. The van der Waals surface area contributed by atoms with E-state index in [9.17, 15) is 17.6 Å². The molecule has 0 unspecified atom stereocenters. The number of hydrogen-bond donors (Lipinski definition) is 0. The monoisotopic (exact) mass is 746 g/mol. The van der Waals surface area contributed by atoms with Gasteiger partial charge in [0, 0.05) is 14.6 Å². The minimum absolute atomic E-state index is 0.0749. The zero-order chi connectivity index (χ0) is 36.8. The minimum Gasteiger partial charge on any atom is -0.317 e. The van der Waals surface area contributed by atoms with Crippen LogP contribution in [0, 0.1) is 6.92 Å². The van der Waals surface area contributed by atoms with E-state index in [1.165, 1.54) is 93.4 Å². The fraction of sp³-hybridized carbons (Fsp3) is 0.535. The highest BCUT2D eigenvalue weighted by atomic mass is 32.1. The lowest BCUT2D eigenvalue weighted by molar-refractivity contribution is -0.249. The normalized spacial score (nSPS) is 11.8. The molecule has 8 heteroatoms. The van der Waals surface area contributed by atoms with Gasteiger partial charge in [-0.15, -0.1) is 22.7 Å². The molecule has 0 bridgehead atoms. The van der Waals surface area contributed by atoms with E-state index in [4.69, 9.17) is 9.47 Å². The number of halogens is 4. The number of alkyl halides is 4. The van der Waals surface area contributed by atoms with E-state index < -0.39 is 12.2 Å². The molecule has 0 fully saturated rings. The lowest BCUT2D eigenvalue weighted by atomic mass is 10.1. The maximum Gasteiger partial charge on any atom is 0.383 e. The summed E-state index contributed by atoms with van der Waals surface area (Å²) in [6, 6.07) is 20.8. The Labute approximate surface area is 312 Å². The molecular formula is C43H58F4O2S2. The van der Waals surface area contributed by atoms with Crippen LogP contribution in [0.1, 0.15) is 133 Å². The lowest BCUT2D eigenvalue weighted by Crippen LogP contribution is -2.18. The molecule has 4 rings (SSSR count). The highest BCUT2D eigenvalue weighted by Gasteiger charge is 2.33. The fourth-order valence-corrected chi connectivity index (χ4v) is 7.33. The van der Waals surface area contributed by atoms with Gasteiger partial charge in [0.1, 0.15) is 0 Å². The Kier molecular flexibility index (Phi) is 20.1. The van der Waals surface area contributed by atoms with E-state index in [1.807, 2.05) is 36.6 Å². The topological polar surface area (TPSA) is 18.5 Å². The summed E-state index contributed by atoms with van der Waals surface area (Å²) in [4.78, 5) is 3.38. The zero-order valence-electron chi connectivity index (χ0n) is 30.9. The molecule has 282 valence electrons. The van der Waals surface area contributed by atoms with E-state index in [0.717, 1.165) is 46.6 Å². The number of aryl methyl sites for hydroxylation is 1. The molecule has 0 aliphatic rings. The smallest absolute Gasteiger partial charge is 0.317 e. The first-order valence-corrected chi connectivity index (χ1v) is 20.7. The second-order valence-corrected chi connectivity index (χ2v) is 15.5. The van der Waals surface area contributed by atoms with Crippen LogP contribution < -0.4 is 0 Å². The quantitative estimate of drug-likeness (QED) is 0.0525. The maximum absolute atomic E-state index is 14.2. The van der Waals surface area contributed by atoms with E-state index in [1.54, 1.807) is 46.9 Å². The van der Waals surface area contributed by atoms with Crippen molar-refractivity contribution in [3.63, 3.8) is 0 Å². The summed E-state index contributed by atoms with van der Waals surface area (Å²) in [5.74, 6) is 0. The van der Waals surface area contributed by atoms with Crippen molar-refractivity contribution in [2.75, 3.05) is 13.2 Å². The molecule has 2 heterocycles. The van der Waals surface area contributed by atoms with Crippen molar-refractivity contribution in [3.05, 3.63) is 94.2 Å². The molecule has 2 aromatic heterocycles. The molecule has 0 saturated heterocycles. The van der Waals surface area contributed by atoms with Crippen molar-refractivity contribution in [1.82, 2.24) is 0 Å². The first-order chi connectivity index (χ1) is 24.7. The minimum atomic E-state index is -3.22. The van der Waals surface area contributed by atoms with Crippen LogP contribution >= 0.6 is 22.7 Å². The van der Waals surface area contributed by atoms with Crippen molar-refractivity contribution in [3.8, 4) is 20.9 Å². The van der Waals surface area contributed by atoms with Gasteiger partial charge in [0.15, 0.2) is 0 Å². The summed E-state index contributed by atoms with van der Waals surface area (Å²) in [6.07, 6.45) is 11.6. The molecule has 0 aliphatic heterocycles. The molecular weight excluding hydrogens is 689 g/mol. The van der Waals surface area contributed by atoms with Gasteiger partial charge in [-0.05, 0) is 78.7 Å². The van der Waals surface area contributed by atoms with Crippen LogP contribution in [0.25, 0.3) is 20.9 Å². The second-order valence-electron chi connectivity index (χ2n) is 13.2. The van der Waals surface area contributed by atoms with Crippen LogP contribution in [0.5, 0.6) is 0 Å². The van der Waals surface area contributed by atoms with E-state index in [2.05, 4.69) is 13.8 Å². The van der Waals surface area contributed by atoms with Crippen molar-refractivity contribution in [2.24, 2.45) is 0 Å². The Balaban J connectivity index is 0.000000276. The predicted octanol–water partition coefficient (Wildman–Crippen LogP) is 15.6. The third-order valence-electron chi connectivity index (χ3n) is 8.83. The van der Waals surface area contributed by atoms with Gasteiger partial charge in [0.25, 0.3) is 0 Å². The van der Waals surface area contributed by atoms with Gasteiger partial charge in [-0.25, -0.2) is 0 Å². The largest absolute Gasteiger partial charge is 0.383 e. The van der Waals surface area contributed by atoms with Gasteiger partial charge in [-0.2, -0.15) is 17.6 Å². The van der Waals surface area contributed by atoms with Crippen LogP contribution in [0.2, 0.25) is 0 Å². The summed E-state index contributed by atoms with van der Waals surface area (Å²) in [5.41, 5.74) is 1.77. The third kappa shape index (κ3) is 16.4. The highest BCUT2D eigenvalue weighted by molar-refractivity contribution is 7.15. The second kappa shape index (κ2) is 23.9. The Hall–Kier alpha value is -2.52. The number of hydrogen-bond acceptors (Lipinski definition) is 4. The van der Waals surface area contributed by atoms with Gasteiger partial charge < -0.3 is 9.47 Å². The van der Waals surface area contributed by atoms with Gasteiger partial charge in [0.2, 0.25) is 0 Å². The van der Waals surface area contributed by atoms with Crippen molar-refractivity contribution in [2.45, 2.75) is 136 Å². The molecule has 0 saturated carbocycles. The van der Waals surface area contributed by atoms with Crippen LogP contribution in [-0.2, 0) is 21.7 Å². The molecule has 2 nitrogen and oxygen atoms in total. The van der Waals surface area contributed by atoms with Crippen molar-refractivity contribution in [1.29, 1.82) is 0 Å². The molecule has 0 amide bonds. The van der Waals surface area contributed by atoms with E-state index in [0.29, 0.717) is 12.8 Å². The average molecular weight is 747 g/mol. The number of unbranched alkanes of at least 4 members (excludes halogenated alkanes) is 14. The van der Waals surface area contributed by atoms with Crippen LogP contribution in [0.15, 0.2) is 78.2 Å². The van der Waals surface area contributed by atoms with Gasteiger partial charge in [0.05, 0.1) is 24.3 Å². The molecule has 0 radical (unpaired) electrons. The SMILES string of the molecule is CCCCCCCCCCOC(F)(F)c1ccc(-c2ccc(C)s2)cc1.CCCCCCCCCCOC(F)(F)c1ccc(-c2cccs2)cc1. The lowest BCUT2D eigenvalue weighted by Gasteiger charge is -2.17. The zero-order valence-corrected chi connectivity index (χ0v) is 32.5. The molecule has 0 N–H and O–H groups in total. The molecule has 0 atom stereocenters. The Morgan fingerprint density at radius 3 is 1.27 bits per heavy atom. The molecule has 2 aromatic carbocycles. The Bertz CT molecular complexity index is 1430. The molecule has 4 aromatic rings. The van der Waals surface area contributed by atoms with Crippen molar-refractivity contribution < 1.29 is 27.0 Å². The van der Waals surface area contributed by atoms with Crippen LogP contribution in [-0.4, -0.2) is 13.2 Å². The Morgan fingerprint density at radius 2 is 0.902 bits per heavy atom. The number of ether oxygens (including phenoxy) is 2. The maximum atomic E-state index is 14.2. The Morgan fingerprint density at radius 1 is 0.490 bits per heavy atom. The highest BCUT2D eigenvalue weighted by Crippen LogP contribution is 2.34. The molecule has 0 spiro atoms. The van der Waals surface area contributed by atoms with Crippen LogP contribution in [0.3, 0.4) is 0 Å². The number of thiophene rings is 2. The summed E-state index contributed by atoms with van der Waals surface area (Å²) < 4.78 is 66.4. The predicted molar refractivity (Wildman–Crippen MR) is 209 cm³/mol. The fourth-order valence-electron chi connectivity index (χ4n) is 5.73. The number of rotatable bonds is 24. The summed E-state index contributed by atoms with van der Waals surface area (Å²) in [7, 11) is 0. The van der Waals surface area contributed by atoms with E-state index in [-0.39, 0.29) is 24.3 Å². The molecule has 51 heavy (non-hydrogen) atoms. The summed E-state index contributed by atoms with van der Waals surface area (Å²) in [5, 5.41) is 1.98. The van der Waals surface area contributed by atoms with E-state index >= 15 is 0 Å².